The van der Waals surface area contributed by atoms with Crippen LogP contribution in [0.3, 0.4) is 0 Å². The largest absolute Gasteiger partial charge is 0.396 e. The fourth-order valence-electron chi connectivity index (χ4n) is 1.66. The molecule has 1 fully saturated rings. The summed E-state index contributed by atoms with van der Waals surface area (Å²) in [6.45, 7) is 3.91. The van der Waals surface area contributed by atoms with E-state index >= 15 is 0 Å². The van der Waals surface area contributed by atoms with Gasteiger partial charge in [-0.05, 0) is 26.2 Å². The fourth-order valence-corrected chi connectivity index (χ4v) is 1.66. The molecule has 1 aliphatic rings. The lowest BCUT2D eigenvalue weighted by Gasteiger charge is -2.25. The minimum atomic E-state index is -0.245. The predicted molar refractivity (Wildman–Crippen MR) is 54.7 cm³/mol. The number of hydrogen-bond donors (Lipinski definition) is 2. The summed E-state index contributed by atoms with van der Waals surface area (Å²) in [4.78, 5) is 13.8. The number of aliphatic hydroxyl groups excluding tert-OH is 1. The molecule has 0 spiro atoms. The SMILES string of the molecule is CCN(CCCO)C(=O)C1(CN)CC1. The Labute approximate surface area is 85.1 Å². The topological polar surface area (TPSA) is 66.6 Å². The van der Waals surface area contributed by atoms with E-state index in [1.807, 2.05) is 6.92 Å². The second kappa shape index (κ2) is 4.75. The van der Waals surface area contributed by atoms with Gasteiger partial charge in [-0.15, -0.1) is 0 Å². The Balaban J connectivity index is 2.47. The summed E-state index contributed by atoms with van der Waals surface area (Å²) in [6.07, 6.45) is 2.51. The molecule has 1 rings (SSSR count). The summed E-state index contributed by atoms with van der Waals surface area (Å²) in [7, 11) is 0. The molecule has 0 heterocycles. The monoisotopic (exact) mass is 200 g/mol. The molecule has 3 N–H and O–H groups in total. The number of aliphatic hydroxyl groups is 1. The summed E-state index contributed by atoms with van der Waals surface area (Å²) >= 11 is 0. The van der Waals surface area contributed by atoms with Gasteiger partial charge in [-0.3, -0.25) is 4.79 Å². The van der Waals surface area contributed by atoms with Gasteiger partial charge in [0.1, 0.15) is 0 Å². The van der Waals surface area contributed by atoms with E-state index < -0.39 is 0 Å². The summed E-state index contributed by atoms with van der Waals surface area (Å²) in [5.74, 6) is 0.177. The standard InChI is InChI=1S/C10H20N2O2/c1-2-12(6-3-7-13)9(14)10(8-11)4-5-10/h13H,2-8,11H2,1H3. The van der Waals surface area contributed by atoms with Crippen LogP contribution in [0, 0.1) is 5.41 Å². The molecule has 0 aliphatic heterocycles. The van der Waals surface area contributed by atoms with E-state index in [1.165, 1.54) is 0 Å². The smallest absolute Gasteiger partial charge is 0.230 e. The molecule has 0 aromatic carbocycles. The van der Waals surface area contributed by atoms with Crippen LogP contribution in [0.25, 0.3) is 0 Å². The van der Waals surface area contributed by atoms with Gasteiger partial charge < -0.3 is 15.7 Å². The Bertz CT molecular complexity index is 202. The molecular weight excluding hydrogens is 180 g/mol. The number of nitrogens with zero attached hydrogens (tertiary/aromatic N) is 1. The zero-order valence-electron chi connectivity index (χ0n) is 8.83. The number of carbonyl (C=O) groups excluding carboxylic acids is 1. The molecule has 14 heavy (non-hydrogen) atoms. The van der Waals surface area contributed by atoms with Crippen molar-refractivity contribution < 1.29 is 9.90 Å². The minimum absolute atomic E-state index is 0.138. The third kappa shape index (κ3) is 2.25. The van der Waals surface area contributed by atoms with Crippen molar-refractivity contribution in [2.45, 2.75) is 26.2 Å². The molecule has 0 aromatic heterocycles. The highest BCUT2D eigenvalue weighted by atomic mass is 16.3. The molecule has 0 saturated heterocycles. The predicted octanol–water partition coefficient (Wildman–Crippen LogP) is -0.0438. The number of hydrogen-bond acceptors (Lipinski definition) is 3. The molecule has 0 bridgehead atoms. The zero-order chi connectivity index (χ0) is 10.6. The minimum Gasteiger partial charge on any atom is -0.396 e. The van der Waals surface area contributed by atoms with Gasteiger partial charge in [0, 0.05) is 26.2 Å². The molecule has 82 valence electrons. The highest BCUT2D eigenvalue weighted by Crippen LogP contribution is 2.46. The van der Waals surface area contributed by atoms with Crippen LogP contribution in [-0.2, 0) is 4.79 Å². The third-order valence-corrected chi connectivity index (χ3v) is 2.95. The molecule has 0 radical (unpaired) electrons. The fraction of sp³-hybridized carbons (Fsp3) is 0.900. The van der Waals surface area contributed by atoms with Crippen LogP contribution in [0.15, 0.2) is 0 Å². The van der Waals surface area contributed by atoms with Gasteiger partial charge in [0.05, 0.1) is 5.41 Å². The molecule has 1 amide bonds. The van der Waals surface area contributed by atoms with Gasteiger partial charge in [-0.25, -0.2) is 0 Å². The van der Waals surface area contributed by atoms with E-state index in [2.05, 4.69) is 0 Å². The van der Waals surface area contributed by atoms with E-state index in [-0.39, 0.29) is 17.9 Å². The maximum Gasteiger partial charge on any atom is 0.230 e. The van der Waals surface area contributed by atoms with Crippen LogP contribution in [0.1, 0.15) is 26.2 Å². The van der Waals surface area contributed by atoms with Crippen molar-refractivity contribution in [3.8, 4) is 0 Å². The molecule has 4 nitrogen and oxygen atoms in total. The average Bonchev–Trinajstić information content (AvgIpc) is 2.99. The van der Waals surface area contributed by atoms with Crippen molar-refractivity contribution in [1.29, 1.82) is 0 Å². The van der Waals surface area contributed by atoms with Crippen LogP contribution >= 0.6 is 0 Å². The van der Waals surface area contributed by atoms with Gasteiger partial charge in [0.25, 0.3) is 0 Å². The van der Waals surface area contributed by atoms with Crippen LogP contribution in [-0.4, -0.2) is 42.2 Å². The first kappa shape index (κ1) is 11.5. The molecule has 1 aliphatic carbocycles. The summed E-state index contributed by atoms with van der Waals surface area (Å²) in [6, 6.07) is 0. The first-order valence-corrected chi connectivity index (χ1v) is 5.30. The van der Waals surface area contributed by atoms with Gasteiger partial charge in [-0.2, -0.15) is 0 Å². The van der Waals surface area contributed by atoms with Crippen molar-refractivity contribution in [1.82, 2.24) is 4.90 Å². The first-order chi connectivity index (χ1) is 6.70. The highest BCUT2D eigenvalue weighted by Gasteiger charge is 2.50. The van der Waals surface area contributed by atoms with Crippen molar-refractivity contribution in [3.63, 3.8) is 0 Å². The Kier molecular flexibility index (Phi) is 3.89. The lowest BCUT2D eigenvalue weighted by Crippen LogP contribution is -2.41. The normalized spacial score (nSPS) is 17.9. The highest BCUT2D eigenvalue weighted by molar-refractivity contribution is 5.85. The Morgan fingerprint density at radius 2 is 2.21 bits per heavy atom. The van der Waals surface area contributed by atoms with Crippen LogP contribution in [0.2, 0.25) is 0 Å². The quantitative estimate of drug-likeness (QED) is 0.632. The number of amides is 1. The average molecular weight is 200 g/mol. The summed E-state index contributed by atoms with van der Waals surface area (Å²) in [5, 5.41) is 8.71. The van der Waals surface area contributed by atoms with E-state index in [9.17, 15) is 4.79 Å². The third-order valence-electron chi connectivity index (χ3n) is 2.95. The van der Waals surface area contributed by atoms with Crippen LogP contribution in [0.5, 0.6) is 0 Å². The molecule has 4 heteroatoms. The molecule has 0 aromatic rings. The number of carbonyl (C=O) groups is 1. The lowest BCUT2D eigenvalue weighted by atomic mass is 10.1. The van der Waals surface area contributed by atoms with E-state index in [0.717, 1.165) is 12.8 Å². The lowest BCUT2D eigenvalue weighted by molar-refractivity contribution is -0.136. The Morgan fingerprint density at radius 3 is 2.57 bits per heavy atom. The van der Waals surface area contributed by atoms with Crippen molar-refractivity contribution in [2.24, 2.45) is 11.1 Å². The van der Waals surface area contributed by atoms with Crippen LogP contribution in [0.4, 0.5) is 0 Å². The van der Waals surface area contributed by atoms with E-state index in [0.29, 0.717) is 26.1 Å². The van der Waals surface area contributed by atoms with Gasteiger partial charge in [0.15, 0.2) is 0 Å². The maximum absolute atomic E-state index is 12.0. The molecule has 0 atom stereocenters. The Morgan fingerprint density at radius 1 is 1.57 bits per heavy atom. The maximum atomic E-state index is 12.0. The van der Waals surface area contributed by atoms with Gasteiger partial charge in [-0.1, -0.05) is 0 Å². The van der Waals surface area contributed by atoms with Crippen molar-refractivity contribution >= 4 is 5.91 Å². The second-order valence-corrected chi connectivity index (χ2v) is 3.95. The van der Waals surface area contributed by atoms with Gasteiger partial charge in [0.2, 0.25) is 5.91 Å². The Hall–Kier alpha value is -0.610. The van der Waals surface area contributed by atoms with Gasteiger partial charge >= 0.3 is 0 Å². The van der Waals surface area contributed by atoms with E-state index in [1.54, 1.807) is 4.90 Å². The molecular formula is C10H20N2O2. The first-order valence-electron chi connectivity index (χ1n) is 5.30. The van der Waals surface area contributed by atoms with E-state index in [4.69, 9.17) is 10.8 Å². The summed E-state index contributed by atoms with van der Waals surface area (Å²) < 4.78 is 0. The second-order valence-electron chi connectivity index (χ2n) is 3.95. The number of nitrogens with two attached hydrogens (primary N) is 1. The summed E-state index contributed by atoms with van der Waals surface area (Å²) in [5.41, 5.74) is 5.35. The molecule has 0 unspecified atom stereocenters. The molecule has 1 saturated carbocycles. The van der Waals surface area contributed by atoms with Crippen LogP contribution < -0.4 is 5.73 Å². The number of rotatable bonds is 6. The van der Waals surface area contributed by atoms with Crippen molar-refractivity contribution in [2.75, 3.05) is 26.2 Å². The van der Waals surface area contributed by atoms with Crippen molar-refractivity contribution in [3.05, 3.63) is 0 Å². The zero-order valence-corrected chi connectivity index (χ0v) is 8.83.